The number of fused-ring (bicyclic) bond motifs is 2. The van der Waals surface area contributed by atoms with Crippen molar-refractivity contribution in [3.8, 4) is 0 Å². The number of nitrogens with one attached hydrogen (secondary N) is 2. The van der Waals surface area contributed by atoms with E-state index in [1.807, 2.05) is 12.1 Å². The second-order valence-corrected chi connectivity index (χ2v) is 8.02. The van der Waals surface area contributed by atoms with Crippen LogP contribution in [0.2, 0.25) is 0 Å². The minimum absolute atomic E-state index is 0.0943. The van der Waals surface area contributed by atoms with Crippen LogP contribution in [0.3, 0.4) is 0 Å². The Kier molecular flexibility index (Phi) is 4.02. The summed E-state index contributed by atoms with van der Waals surface area (Å²) < 4.78 is 0. The Balaban J connectivity index is 1.37. The molecule has 0 radical (unpaired) electrons. The molecule has 0 spiro atoms. The number of nitrogens with zero attached hydrogens (tertiary/aromatic N) is 2. The molecule has 1 aromatic rings. The fourth-order valence-electron chi connectivity index (χ4n) is 4.93. The Bertz CT molecular complexity index is 823. The van der Waals surface area contributed by atoms with E-state index in [1.54, 1.807) is 4.90 Å². The van der Waals surface area contributed by atoms with Crippen LogP contribution in [0.25, 0.3) is 0 Å². The van der Waals surface area contributed by atoms with Crippen LogP contribution >= 0.6 is 0 Å². The van der Waals surface area contributed by atoms with Crippen molar-refractivity contribution in [1.29, 1.82) is 0 Å². The van der Waals surface area contributed by atoms with Crippen LogP contribution in [0.5, 0.6) is 0 Å². The van der Waals surface area contributed by atoms with Crippen molar-refractivity contribution in [3.63, 3.8) is 0 Å². The molecule has 3 heterocycles. The average Bonchev–Trinajstić information content (AvgIpc) is 2.95. The highest BCUT2D eigenvalue weighted by Gasteiger charge is 2.41. The van der Waals surface area contributed by atoms with Gasteiger partial charge in [0.2, 0.25) is 11.8 Å². The molecule has 0 aromatic heterocycles. The molecule has 5 rings (SSSR count). The van der Waals surface area contributed by atoms with Gasteiger partial charge in [-0.3, -0.25) is 24.6 Å². The summed E-state index contributed by atoms with van der Waals surface area (Å²) in [6.07, 6.45) is 3.17. The lowest BCUT2D eigenvalue weighted by molar-refractivity contribution is -0.136. The number of piperidine rings is 1. The second-order valence-electron chi connectivity index (χ2n) is 8.02. The van der Waals surface area contributed by atoms with Gasteiger partial charge in [-0.05, 0) is 36.5 Å². The molecule has 3 fully saturated rings. The molecule has 27 heavy (non-hydrogen) atoms. The van der Waals surface area contributed by atoms with Gasteiger partial charge < -0.3 is 10.2 Å². The molecule has 1 aromatic carbocycles. The monoisotopic (exact) mass is 368 g/mol. The van der Waals surface area contributed by atoms with E-state index in [0.29, 0.717) is 30.6 Å². The first-order valence-corrected chi connectivity index (χ1v) is 9.84. The van der Waals surface area contributed by atoms with Gasteiger partial charge in [-0.1, -0.05) is 12.1 Å². The van der Waals surface area contributed by atoms with Crippen molar-refractivity contribution in [2.45, 2.75) is 56.9 Å². The highest BCUT2D eigenvalue weighted by molar-refractivity contribution is 6.05. The topological polar surface area (TPSA) is 81.8 Å². The molecule has 7 nitrogen and oxygen atoms in total. The molecule has 4 aliphatic rings. The fourth-order valence-corrected chi connectivity index (χ4v) is 4.93. The summed E-state index contributed by atoms with van der Waals surface area (Å²) in [4.78, 5) is 40.8. The largest absolute Gasteiger partial charge is 0.322 e. The third-order valence-electron chi connectivity index (χ3n) is 6.56. The maximum absolute atomic E-state index is 12.9. The lowest BCUT2D eigenvalue weighted by atomic mass is 9.83. The quantitative estimate of drug-likeness (QED) is 0.754. The molecule has 3 atom stereocenters. The predicted octanol–water partition coefficient (Wildman–Crippen LogP) is 0.384. The summed E-state index contributed by atoms with van der Waals surface area (Å²) in [6, 6.07) is 6.56. The number of rotatable bonds is 3. The van der Waals surface area contributed by atoms with Crippen LogP contribution in [0.15, 0.2) is 18.2 Å². The van der Waals surface area contributed by atoms with Crippen molar-refractivity contribution in [2.24, 2.45) is 0 Å². The summed E-state index contributed by atoms with van der Waals surface area (Å²) >= 11 is 0. The standard InChI is InChI=1S/C20H24N4O3/c25-18-7-6-17(19(26)22-18)24-11-14-12(2-1-3-13(14)20(24)27)10-23-9-8-21-15-4-5-16(15)23/h1-3,15-17,21H,4-11H2,(H,22,25,26). The van der Waals surface area contributed by atoms with Crippen LogP contribution in [-0.4, -0.2) is 58.7 Å². The summed E-state index contributed by atoms with van der Waals surface area (Å²) in [5.41, 5.74) is 2.93. The first-order chi connectivity index (χ1) is 13.1. The zero-order chi connectivity index (χ0) is 18.5. The number of hydrogen-bond acceptors (Lipinski definition) is 5. The van der Waals surface area contributed by atoms with E-state index >= 15 is 0 Å². The van der Waals surface area contributed by atoms with E-state index < -0.39 is 6.04 Å². The number of amides is 3. The summed E-state index contributed by atoms with van der Waals surface area (Å²) in [7, 11) is 0. The number of carbonyl (C=O) groups is 3. The van der Waals surface area contributed by atoms with E-state index in [2.05, 4.69) is 21.6 Å². The molecule has 142 valence electrons. The SMILES string of the molecule is O=C1CCC(N2Cc3c(CN4CCNC5CCC54)cccc3C2=O)C(=O)N1. The Hall–Kier alpha value is -2.25. The van der Waals surface area contributed by atoms with Gasteiger partial charge >= 0.3 is 0 Å². The molecular weight excluding hydrogens is 344 g/mol. The van der Waals surface area contributed by atoms with E-state index in [-0.39, 0.29) is 24.1 Å². The Morgan fingerprint density at radius 2 is 2.00 bits per heavy atom. The van der Waals surface area contributed by atoms with Crippen molar-refractivity contribution >= 4 is 17.7 Å². The maximum Gasteiger partial charge on any atom is 0.255 e. The van der Waals surface area contributed by atoms with Crippen LogP contribution in [-0.2, 0) is 22.7 Å². The van der Waals surface area contributed by atoms with Gasteiger partial charge in [0.15, 0.2) is 0 Å². The first kappa shape index (κ1) is 16.9. The average molecular weight is 368 g/mol. The van der Waals surface area contributed by atoms with Crippen LogP contribution in [0.4, 0.5) is 0 Å². The van der Waals surface area contributed by atoms with Crippen molar-refractivity contribution in [2.75, 3.05) is 13.1 Å². The third-order valence-corrected chi connectivity index (χ3v) is 6.56. The Labute approximate surface area is 158 Å². The number of carbonyl (C=O) groups excluding carboxylic acids is 3. The third kappa shape index (κ3) is 2.76. The predicted molar refractivity (Wildman–Crippen MR) is 97.7 cm³/mol. The Morgan fingerprint density at radius 3 is 2.78 bits per heavy atom. The van der Waals surface area contributed by atoms with Crippen molar-refractivity contribution in [3.05, 3.63) is 34.9 Å². The van der Waals surface area contributed by atoms with Crippen LogP contribution < -0.4 is 10.6 Å². The molecule has 7 heteroatoms. The fraction of sp³-hybridized carbons (Fsp3) is 0.550. The van der Waals surface area contributed by atoms with Crippen molar-refractivity contribution < 1.29 is 14.4 Å². The van der Waals surface area contributed by atoms with Gasteiger partial charge in [-0.2, -0.15) is 0 Å². The summed E-state index contributed by atoms with van der Waals surface area (Å²) in [6.45, 7) is 3.34. The molecule has 3 unspecified atom stereocenters. The van der Waals surface area contributed by atoms with E-state index in [9.17, 15) is 14.4 Å². The van der Waals surface area contributed by atoms with Gasteiger partial charge in [0, 0.05) is 50.2 Å². The molecule has 3 amide bonds. The van der Waals surface area contributed by atoms with Gasteiger partial charge in [0.05, 0.1) is 0 Å². The number of piperazine rings is 1. The van der Waals surface area contributed by atoms with Crippen molar-refractivity contribution in [1.82, 2.24) is 20.4 Å². The first-order valence-electron chi connectivity index (χ1n) is 9.84. The number of hydrogen-bond donors (Lipinski definition) is 2. The highest BCUT2D eigenvalue weighted by Crippen LogP contribution is 2.33. The normalized spacial score (nSPS) is 30.6. The van der Waals surface area contributed by atoms with Gasteiger partial charge in [-0.25, -0.2) is 0 Å². The van der Waals surface area contributed by atoms with Gasteiger partial charge in [-0.15, -0.1) is 0 Å². The molecule has 1 aliphatic carbocycles. The zero-order valence-electron chi connectivity index (χ0n) is 15.2. The number of imide groups is 1. The second kappa shape index (κ2) is 6.42. The van der Waals surface area contributed by atoms with Gasteiger partial charge in [0.25, 0.3) is 5.91 Å². The Morgan fingerprint density at radius 1 is 1.11 bits per heavy atom. The summed E-state index contributed by atoms with van der Waals surface area (Å²) in [5.74, 6) is -0.702. The maximum atomic E-state index is 12.9. The minimum atomic E-state index is -0.550. The zero-order valence-corrected chi connectivity index (χ0v) is 15.2. The molecule has 0 bridgehead atoms. The minimum Gasteiger partial charge on any atom is -0.322 e. The van der Waals surface area contributed by atoms with Crippen LogP contribution in [0.1, 0.15) is 47.2 Å². The van der Waals surface area contributed by atoms with Gasteiger partial charge in [0.1, 0.15) is 6.04 Å². The molecule has 3 aliphatic heterocycles. The van der Waals surface area contributed by atoms with E-state index in [1.165, 1.54) is 18.4 Å². The lowest BCUT2D eigenvalue weighted by Gasteiger charge is -2.49. The van der Waals surface area contributed by atoms with E-state index in [4.69, 9.17) is 0 Å². The van der Waals surface area contributed by atoms with E-state index in [0.717, 1.165) is 25.2 Å². The lowest BCUT2D eigenvalue weighted by Crippen LogP contribution is -2.62. The molecular formula is C20H24N4O3. The summed E-state index contributed by atoms with van der Waals surface area (Å²) in [5, 5.41) is 5.94. The molecule has 1 saturated carbocycles. The molecule has 2 N–H and O–H groups in total. The smallest absolute Gasteiger partial charge is 0.255 e. The highest BCUT2D eigenvalue weighted by atomic mass is 16.2. The number of benzene rings is 1. The molecule has 2 saturated heterocycles. The van der Waals surface area contributed by atoms with Crippen LogP contribution in [0, 0.1) is 0 Å².